The Morgan fingerprint density at radius 1 is 0.619 bits per heavy atom. The van der Waals surface area contributed by atoms with Crippen molar-refractivity contribution in [2.24, 2.45) is 5.92 Å². The van der Waals surface area contributed by atoms with Gasteiger partial charge in [0.05, 0.1) is 50.1 Å². The van der Waals surface area contributed by atoms with Gasteiger partial charge in [0.1, 0.15) is 23.7 Å². The zero-order chi connectivity index (χ0) is 44.0. The second-order valence-electron chi connectivity index (χ2n) is 16.3. The van der Waals surface area contributed by atoms with Crippen molar-refractivity contribution in [1.82, 2.24) is 40.4 Å². The quantitative estimate of drug-likeness (QED) is 0.0947. The highest BCUT2D eigenvalue weighted by atomic mass is 16.5. The number of methoxy groups -OCH3 is 2. The normalized spacial score (nSPS) is 17.0. The summed E-state index contributed by atoms with van der Waals surface area (Å²) in [6.07, 6.45) is 5.45. The number of hydrogen-bond acceptors (Lipinski definition) is 8. The average molecular weight is 849 g/mol. The van der Waals surface area contributed by atoms with Gasteiger partial charge in [0.25, 0.3) is 5.91 Å². The number of rotatable bonds is 12. The molecule has 8 rings (SSSR count). The highest BCUT2D eigenvalue weighted by Crippen LogP contribution is 2.39. The standard InChI is InChI=1S/C49H52N8O6/c1-30(2)42(54-48(60)62-3)46(58)56-25-11-17-40(56)45-51-29-39(53-45)35-23-24-36(37(27-35)31-13-7-5-8-14-31)32-19-21-33(22-20-32)38-28-50-44(52-38)41-18-12-26-57(41)47(59)43(55-49(61)63-4)34-15-9-6-10-16-34/h5-10,13-16,19-24,27-30,40-43H,11-12,17-18,25-26H2,1-4H3,(H,50,52)(H,51,53)(H,54,60)(H,55,61)/t40-,41-,42-,43?/m0/s1. The molecule has 324 valence electrons. The number of carbonyl (C=O) groups excluding carboxylic acids is 4. The van der Waals surface area contributed by atoms with Crippen LogP contribution in [-0.4, -0.2) is 87.1 Å². The first-order valence-corrected chi connectivity index (χ1v) is 21.4. The summed E-state index contributed by atoms with van der Waals surface area (Å²) in [4.78, 5) is 72.3. The van der Waals surface area contributed by atoms with Gasteiger partial charge in [-0.2, -0.15) is 0 Å². The number of nitrogens with one attached hydrogen (secondary N) is 4. The molecule has 4 N–H and O–H groups in total. The summed E-state index contributed by atoms with van der Waals surface area (Å²) in [6.45, 7) is 4.92. The van der Waals surface area contributed by atoms with E-state index in [-0.39, 0.29) is 29.8 Å². The van der Waals surface area contributed by atoms with E-state index in [1.54, 1.807) is 11.1 Å². The number of carbonyl (C=O) groups is 4. The monoisotopic (exact) mass is 848 g/mol. The van der Waals surface area contributed by atoms with E-state index in [0.29, 0.717) is 30.3 Å². The van der Waals surface area contributed by atoms with Crippen molar-refractivity contribution in [1.29, 1.82) is 0 Å². The summed E-state index contributed by atoms with van der Waals surface area (Å²) < 4.78 is 9.65. The highest BCUT2D eigenvalue weighted by molar-refractivity contribution is 5.89. The minimum Gasteiger partial charge on any atom is -0.453 e. The van der Waals surface area contributed by atoms with E-state index in [4.69, 9.17) is 19.4 Å². The summed E-state index contributed by atoms with van der Waals surface area (Å²) in [5.74, 6) is 0.903. The van der Waals surface area contributed by atoms with Gasteiger partial charge >= 0.3 is 12.2 Å². The Bertz CT molecular complexity index is 2560. The predicted octanol–water partition coefficient (Wildman–Crippen LogP) is 8.61. The molecule has 14 heteroatoms. The Balaban J connectivity index is 1.02. The van der Waals surface area contributed by atoms with Gasteiger partial charge in [0.2, 0.25) is 5.91 Å². The molecule has 2 fully saturated rings. The fourth-order valence-electron chi connectivity index (χ4n) is 8.74. The van der Waals surface area contributed by atoms with Crippen molar-refractivity contribution in [3.8, 4) is 44.8 Å². The third-order valence-corrected chi connectivity index (χ3v) is 12.0. The number of imidazole rings is 2. The topological polar surface area (TPSA) is 175 Å². The molecule has 0 bridgehead atoms. The molecule has 0 spiro atoms. The molecule has 2 aliphatic heterocycles. The van der Waals surface area contributed by atoms with E-state index in [9.17, 15) is 19.2 Å². The lowest BCUT2D eigenvalue weighted by Gasteiger charge is -2.30. The van der Waals surface area contributed by atoms with Crippen molar-refractivity contribution in [3.63, 3.8) is 0 Å². The van der Waals surface area contributed by atoms with Gasteiger partial charge in [-0.25, -0.2) is 19.6 Å². The average Bonchev–Trinajstić information content (AvgIpc) is 4.17. The fourth-order valence-corrected chi connectivity index (χ4v) is 8.74. The molecule has 14 nitrogen and oxygen atoms in total. The third-order valence-electron chi connectivity index (χ3n) is 12.0. The molecule has 0 radical (unpaired) electrons. The second kappa shape index (κ2) is 18.8. The van der Waals surface area contributed by atoms with Crippen LogP contribution in [-0.2, 0) is 19.1 Å². The number of ether oxygens (including phenoxy) is 2. The van der Waals surface area contributed by atoms with Crippen molar-refractivity contribution in [2.75, 3.05) is 27.3 Å². The zero-order valence-corrected chi connectivity index (χ0v) is 35.8. The highest BCUT2D eigenvalue weighted by Gasteiger charge is 2.39. The molecule has 4 heterocycles. The van der Waals surface area contributed by atoms with Crippen LogP contribution in [0.25, 0.3) is 44.8 Å². The first-order valence-electron chi connectivity index (χ1n) is 21.4. The first kappa shape index (κ1) is 42.5. The van der Waals surface area contributed by atoms with Gasteiger partial charge in [-0.05, 0) is 71.0 Å². The van der Waals surface area contributed by atoms with Crippen molar-refractivity contribution < 1.29 is 28.7 Å². The molecule has 2 saturated heterocycles. The summed E-state index contributed by atoms with van der Waals surface area (Å²) in [6, 6.07) is 32.0. The van der Waals surface area contributed by atoms with Crippen molar-refractivity contribution in [3.05, 3.63) is 133 Å². The van der Waals surface area contributed by atoms with Gasteiger partial charge in [0.15, 0.2) is 0 Å². The fraction of sp³-hybridized carbons (Fsp3) is 0.306. The first-order chi connectivity index (χ1) is 30.6. The summed E-state index contributed by atoms with van der Waals surface area (Å²) >= 11 is 0. The van der Waals surface area contributed by atoms with E-state index >= 15 is 0 Å². The van der Waals surface area contributed by atoms with E-state index in [2.05, 4.69) is 75.2 Å². The Kier molecular flexibility index (Phi) is 12.7. The Morgan fingerprint density at radius 2 is 1.13 bits per heavy atom. The van der Waals surface area contributed by atoms with Crippen LogP contribution in [0.5, 0.6) is 0 Å². The molecule has 2 aromatic heterocycles. The van der Waals surface area contributed by atoms with E-state index in [1.807, 2.05) is 73.5 Å². The van der Waals surface area contributed by atoms with Crippen LogP contribution >= 0.6 is 0 Å². The van der Waals surface area contributed by atoms with Gasteiger partial charge in [-0.1, -0.05) is 111 Å². The molecular formula is C49H52N8O6. The van der Waals surface area contributed by atoms with Crippen LogP contribution in [0.3, 0.4) is 0 Å². The molecular weight excluding hydrogens is 797 g/mol. The van der Waals surface area contributed by atoms with Crippen molar-refractivity contribution >= 4 is 24.0 Å². The van der Waals surface area contributed by atoms with Crippen molar-refractivity contribution in [2.45, 2.75) is 63.7 Å². The molecule has 0 aliphatic carbocycles. The number of benzene rings is 4. The molecule has 63 heavy (non-hydrogen) atoms. The number of alkyl carbamates (subject to hydrolysis) is 2. The Morgan fingerprint density at radius 3 is 1.71 bits per heavy atom. The summed E-state index contributed by atoms with van der Waals surface area (Å²) in [5, 5.41) is 5.44. The number of aromatic amines is 2. The van der Waals surface area contributed by atoms with Crippen LogP contribution < -0.4 is 10.6 Å². The van der Waals surface area contributed by atoms with E-state index in [0.717, 1.165) is 70.5 Å². The number of aromatic nitrogens is 4. The summed E-state index contributed by atoms with van der Waals surface area (Å²) in [7, 11) is 2.57. The van der Waals surface area contributed by atoms with Crippen LogP contribution in [0.15, 0.2) is 116 Å². The van der Waals surface area contributed by atoms with Gasteiger partial charge in [-0.3, -0.25) is 9.59 Å². The van der Waals surface area contributed by atoms with Gasteiger partial charge < -0.3 is 39.9 Å². The largest absolute Gasteiger partial charge is 0.453 e. The maximum absolute atomic E-state index is 14.0. The predicted molar refractivity (Wildman–Crippen MR) is 239 cm³/mol. The van der Waals surface area contributed by atoms with Crippen LogP contribution in [0.4, 0.5) is 9.59 Å². The Labute approximate surface area is 366 Å². The number of H-pyrrole nitrogens is 2. The maximum atomic E-state index is 14.0. The lowest BCUT2D eigenvalue weighted by molar-refractivity contribution is -0.135. The van der Waals surface area contributed by atoms with Gasteiger partial charge in [0, 0.05) is 18.7 Å². The molecule has 2 aliphatic rings. The SMILES string of the molecule is COC(=O)NC(C(=O)N1CCC[C@H]1c1ncc(-c2ccc(-c3ccc(-c4cnc([C@@H]5CCCN5C(=O)[C@@H](NC(=O)OC)C(C)C)[nH]4)cc3-c3ccccc3)cc2)[nH]1)c1ccccc1. The number of nitrogens with zero attached hydrogens (tertiary/aromatic N) is 4. The molecule has 1 unspecified atom stereocenters. The van der Waals surface area contributed by atoms with Crippen LogP contribution in [0.1, 0.15) is 74.9 Å². The van der Waals surface area contributed by atoms with Gasteiger partial charge in [-0.15, -0.1) is 0 Å². The van der Waals surface area contributed by atoms with E-state index in [1.165, 1.54) is 14.2 Å². The summed E-state index contributed by atoms with van der Waals surface area (Å²) in [5.41, 5.74) is 8.45. The molecule has 6 aromatic rings. The number of amides is 4. The van der Waals surface area contributed by atoms with Crippen LogP contribution in [0, 0.1) is 5.92 Å². The smallest absolute Gasteiger partial charge is 0.407 e. The third kappa shape index (κ3) is 9.06. The molecule has 4 amide bonds. The van der Waals surface area contributed by atoms with Crippen LogP contribution in [0.2, 0.25) is 0 Å². The minimum absolute atomic E-state index is 0.125. The van der Waals surface area contributed by atoms with E-state index < -0.39 is 24.3 Å². The molecule has 4 aromatic carbocycles. The molecule has 4 atom stereocenters. The Hall–Kier alpha value is -7.22. The number of likely N-dealkylation sites (tertiary alicyclic amines) is 2. The number of hydrogen-bond donors (Lipinski definition) is 4. The zero-order valence-electron chi connectivity index (χ0n) is 35.8. The minimum atomic E-state index is -0.893. The second-order valence-corrected chi connectivity index (χ2v) is 16.3. The maximum Gasteiger partial charge on any atom is 0.407 e. The lowest BCUT2D eigenvalue weighted by Crippen LogP contribution is -2.51. The lowest BCUT2D eigenvalue weighted by atomic mass is 9.91. The molecule has 0 saturated carbocycles.